The second kappa shape index (κ2) is 6.64. The molecule has 0 aliphatic carbocycles. The Morgan fingerprint density at radius 1 is 1.08 bits per heavy atom. The van der Waals surface area contributed by atoms with E-state index in [-0.39, 0.29) is 16.8 Å². The zero-order chi connectivity index (χ0) is 18.0. The highest BCUT2D eigenvalue weighted by Gasteiger charge is 2.18. The van der Waals surface area contributed by atoms with E-state index in [4.69, 9.17) is 4.74 Å². The van der Waals surface area contributed by atoms with Gasteiger partial charge in [-0.1, -0.05) is 18.2 Å². The van der Waals surface area contributed by atoms with Crippen LogP contribution in [0.4, 0.5) is 4.39 Å². The number of nitrogens with zero attached hydrogens (tertiary/aromatic N) is 2. The van der Waals surface area contributed by atoms with Gasteiger partial charge in [-0.25, -0.2) is 13.9 Å². The van der Waals surface area contributed by atoms with Crippen molar-refractivity contribution in [2.45, 2.75) is 0 Å². The Kier molecular flexibility index (Phi) is 4.38. The number of rotatable bonds is 4. The summed E-state index contributed by atoms with van der Waals surface area (Å²) in [5.41, 5.74) is -0.161. The molecule has 6 nitrogen and oxygen atoms in total. The van der Waals surface area contributed by atoms with Crippen molar-refractivity contribution >= 4 is 22.5 Å². The number of ketones is 1. The summed E-state index contributed by atoms with van der Waals surface area (Å²) in [6.45, 7) is -0.511. The number of halogens is 1. The van der Waals surface area contributed by atoms with Crippen molar-refractivity contribution in [3.8, 4) is 0 Å². The molecule has 0 atom stereocenters. The smallest absolute Gasteiger partial charge is 0.359 e. The van der Waals surface area contributed by atoms with Crippen LogP contribution >= 0.6 is 0 Å². The summed E-state index contributed by atoms with van der Waals surface area (Å²) in [5, 5.41) is 4.61. The lowest BCUT2D eigenvalue weighted by Gasteiger charge is -2.08. The van der Waals surface area contributed by atoms with Crippen LogP contribution in [0.15, 0.2) is 53.3 Å². The van der Waals surface area contributed by atoms with E-state index in [9.17, 15) is 18.8 Å². The monoisotopic (exact) mass is 340 g/mol. The lowest BCUT2D eigenvalue weighted by molar-refractivity contribution is 0.0469. The molecule has 0 saturated carbocycles. The van der Waals surface area contributed by atoms with Gasteiger partial charge in [0.1, 0.15) is 5.82 Å². The van der Waals surface area contributed by atoms with Crippen molar-refractivity contribution < 1.29 is 18.7 Å². The molecule has 0 fully saturated rings. The molecule has 25 heavy (non-hydrogen) atoms. The van der Waals surface area contributed by atoms with Crippen molar-refractivity contribution in [2.24, 2.45) is 7.05 Å². The molecular formula is C18H13FN2O4. The topological polar surface area (TPSA) is 78.3 Å². The SMILES string of the molecule is Cn1nc(C(=O)OCC(=O)c2ccc(F)cc2)c2ccccc2c1=O. The fourth-order valence-electron chi connectivity index (χ4n) is 2.37. The maximum atomic E-state index is 12.9. The Bertz CT molecular complexity index is 1030. The van der Waals surface area contributed by atoms with Crippen molar-refractivity contribution in [2.75, 3.05) is 6.61 Å². The molecule has 1 aromatic heterocycles. The molecule has 0 N–H and O–H groups in total. The molecule has 0 aliphatic rings. The second-order valence-electron chi connectivity index (χ2n) is 5.33. The molecule has 1 heterocycles. The molecule has 2 aromatic carbocycles. The third-order valence-electron chi connectivity index (χ3n) is 3.65. The van der Waals surface area contributed by atoms with Gasteiger partial charge < -0.3 is 4.74 Å². The van der Waals surface area contributed by atoms with Gasteiger partial charge in [0.25, 0.3) is 5.56 Å². The van der Waals surface area contributed by atoms with E-state index < -0.39 is 24.2 Å². The van der Waals surface area contributed by atoms with Crippen molar-refractivity contribution in [3.05, 3.63) is 76.0 Å². The van der Waals surface area contributed by atoms with Gasteiger partial charge in [0.05, 0.1) is 5.39 Å². The first-order valence-corrected chi connectivity index (χ1v) is 7.39. The van der Waals surface area contributed by atoms with Crippen LogP contribution in [0.1, 0.15) is 20.8 Å². The van der Waals surface area contributed by atoms with E-state index in [0.29, 0.717) is 10.8 Å². The number of carbonyl (C=O) groups excluding carboxylic acids is 2. The third-order valence-corrected chi connectivity index (χ3v) is 3.65. The first-order valence-electron chi connectivity index (χ1n) is 7.39. The minimum atomic E-state index is -0.817. The average Bonchev–Trinajstić information content (AvgIpc) is 2.63. The fourth-order valence-corrected chi connectivity index (χ4v) is 2.37. The number of carbonyl (C=O) groups is 2. The zero-order valence-corrected chi connectivity index (χ0v) is 13.2. The number of aryl methyl sites for hydroxylation is 1. The van der Waals surface area contributed by atoms with Crippen molar-refractivity contribution in [3.63, 3.8) is 0 Å². The summed E-state index contributed by atoms with van der Waals surface area (Å²) in [6.07, 6.45) is 0. The van der Waals surface area contributed by atoms with Crippen molar-refractivity contribution in [1.29, 1.82) is 0 Å². The molecule has 0 amide bonds. The fraction of sp³-hybridized carbons (Fsp3) is 0.111. The molecule has 3 aromatic rings. The number of fused-ring (bicyclic) bond motifs is 1. The third kappa shape index (κ3) is 3.30. The van der Waals surface area contributed by atoms with E-state index in [2.05, 4.69) is 5.10 Å². The lowest BCUT2D eigenvalue weighted by atomic mass is 10.1. The van der Waals surface area contributed by atoms with Crippen LogP contribution < -0.4 is 5.56 Å². The maximum absolute atomic E-state index is 12.9. The molecule has 0 bridgehead atoms. The van der Waals surface area contributed by atoms with Crippen LogP contribution in [0.25, 0.3) is 10.8 Å². The van der Waals surface area contributed by atoms with Crippen LogP contribution in [0, 0.1) is 5.82 Å². The maximum Gasteiger partial charge on any atom is 0.359 e. The number of ether oxygens (including phenoxy) is 1. The molecule has 3 rings (SSSR count). The molecule has 0 unspecified atom stereocenters. The summed E-state index contributed by atoms with van der Waals surface area (Å²) < 4.78 is 18.9. The predicted molar refractivity (Wildman–Crippen MR) is 88.0 cm³/mol. The van der Waals surface area contributed by atoms with E-state index >= 15 is 0 Å². The Morgan fingerprint density at radius 2 is 1.72 bits per heavy atom. The van der Waals surface area contributed by atoms with Crippen LogP contribution in [0.2, 0.25) is 0 Å². The summed E-state index contributed by atoms with van der Waals surface area (Å²) >= 11 is 0. The first kappa shape index (κ1) is 16.5. The Hall–Kier alpha value is -3.35. The van der Waals surface area contributed by atoms with Gasteiger partial charge in [-0.05, 0) is 30.3 Å². The minimum absolute atomic E-state index is 0.0513. The van der Waals surface area contributed by atoms with E-state index in [0.717, 1.165) is 16.8 Å². The molecule has 0 radical (unpaired) electrons. The van der Waals surface area contributed by atoms with Crippen LogP contribution in [-0.4, -0.2) is 28.1 Å². The molecule has 0 aliphatic heterocycles. The molecule has 126 valence electrons. The van der Waals surface area contributed by atoms with Crippen LogP contribution in [0.5, 0.6) is 0 Å². The lowest BCUT2D eigenvalue weighted by Crippen LogP contribution is -2.24. The number of esters is 1. The highest BCUT2D eigenvalue weighted by molar-refractivity contribution is 6.04. The molecular weight excluding hydrogens is 327 g/mol. The van der Waals surface area contributed by atoms with E-state index in [1.54, 1.807) is 24.3 Å². The standard InChI is InChI=1S/C18H13FN2O4/c1-21-17(23)14-5-3-2-4-13(14)16(20-21)18(24)25-10-15(22)11-6-8-12(19)9-7-11/h2-9H,10H2,1H3. The van der Waals surface area contributed by atoms with Crippen molar-refractivity contribution in [1.82, 2.24) is 9.78 Å². The van der Waals surface area contributed by atoms with E-state index in [1.807, 2.05) is 0 Å². The highest BCUT2D eigenvalue weighted by atomic mass is 19.1. The zero-order valence-electron chi connectivity index (χ0n) is 13.2. The number of Topliss-reactive ketones (excluding diaryl/α,β-unsaturated/α-hetero) is 1. The summed E-state index contributed by atoms with van der Waals surface area (Å²) in [7, 11) is 1.43. The second-order valence-corrected chi connectivity index (χ2v) is 5.33. The molecule has 0 saturated heterocycles. The first-order chi connectivity index (χ1) is 12.0. The normalized spacial score (nSPS) is 10.6. The predicted octanol–water partition coefficient (Wildman–Crippen LogP) is 2.11. The van der Waals surface area contributed by atoms with Gasteiger partial charge in [0.2, 0.25) is 0 Å². The Morgan fingerprint density at radius 3 is 2.40 bits per heavy atom. The summed E-state index contributed by atoms with van der Waals surface area (Å²) in [4.78, 5) is 36.3. The largest absolute Gasteiger partial charge is 0.452 e. The molecule has 0 spiro atoms. The number of hydrogen-bond acceptors (Lipinski definition) is 5. The minimum Gasteiger partial charge on any atom is -0.452 e. The van der Waals surface area contributed by atoms with Gasteiger partial charge in [-0.2, -0.15) is 5.10 Å². The van der Waals surface area contributed by atoms with Gasteiger partial charge >= 0.3 is 5.97 Å². The Labute approximate surface area is 141 Å². The van der Waals surface area contributed by atoms with Crippen LogP contribution in [0.3, 0.4) is 0 Å². The summed E-state index contributed by atoms with van der Waals surface area (Å²) in [5.74, 6) is -1.75. The van der Waals surface area contributed by atoms with Gasteiger partial charge in [-0.15, -0.1) is 0 Å². The number of hydrogen-bond donors (Lipinski definition) is 0. The van der Waals surface area contributed by atoms with E-state index in [1.165, 1.54) is 19.2 Å². The van der Waals surface area contributed by atoms with Crippen LogP contribution in [-0.2, 0) is 11.8 Å². The molecule has 7 heteroatoms. The number of aromatic nitrogens is 2. The highest BCUT2D eigenvalue weighted by Crippen LogP contribution is 2.14. The number of benzene rings is 2. The quantitative estimate of drug-likeness (QED) is 0.537. The van der Waals surface area contributed by atoms with Gasteiger partial charge in [0.15, 0.2) is 18.1 Å². The average molecular weight is 340 g/mol. The Balaban J connectivity index is 1.83. The van der Waals surface area contributed by atoms with Gasteiger partial charge in [-0.3, -0.25) is 9.59 Å². The van der Waals surface area contributed by atoms with Gasteiger partial charge in [0, 0.05) is 18.0 Å². The summed E-state index contributed by atoms with van der Waals surface area (Å²) in [6, 6.07) is 11.4.